The molecule has 1 aliphatic heterocycles. The Morgan fingerprint density at radius 2 is 2.00 bits per heavy atom. The Morgan fingerprint density at radius 1 is 1.29 bits per heavy atom. The summed E-state index contributed by atoms with van der Waals surface area (Å²) in [7, 11) is 0. The minimum atomic E-state index is -2.90. The zero-order valence-corrected chi connectivity index (χ0v) is 15.4. The van der Waals surface area contributed by atoms with Crippen molar-refractivity contribution < 1.29 is 26.7 Å². The molecule has 1 aliphatic carbocycles. The van der Waals surface area contributed by atoms with Gasteiger partial charge in [-0.3, -0.25) is 9.69 Å². The second-order valence-corrected chi connectivity index (χ2v) is 7.85. The molecule has 156 valence electrons. The number of alkyl halides is 3. The smallest absolute Gasteiger partial charge is 0.262 e. The van der Waals surface area contributed by atoms with Crippen LogP contribution < -0.4 is 11.1 Å². The minimum Gasteiger partial charge on any atom is -0.352 e. The Labute approximate surface area is 160 Å². The molecule has 28 heavy (non-hydrogen) atoms. The van der Waals surface area contributed by atoms with Crippen LogP contribution in [0.5, 0.6) is 0 Å². The van der Waals surface area contributed by atoms with Crippen molar-refractivity contribution in [2.24, 2.45) is 5.73 Å². The minimum absolute atomic E-state index is 0.0617. The molecule has 1 saturated heterocycles. The third-order valence-corrected chi connectivity index (χ3v) is 5.36. The number of benzene rings is 1. The van der Waals surface area contributed by atoms with Crippen molar-refractivity contribution in [2.75, 3.05) is 19.6 Å². The molecule has 3 N–H and O–H groups in total. The summed E-state index contributed by atoms with van der Waals surface area (Å²) in [5, 5.41) is 2.42. The van der Waals surface area contributed by atoms with Gasteiger partial charge in [0.05, 0.1) is 6.54 Å². The number of carbonyl (C=O) groups is 1. The summed E-state index contributed by atoms with van der Waals surface area (Å²) in [5.41, 5.74) is 4.28. The molecule has 0 radical (unpaired) electrons. The van der Waals surface area contributed by atoms with E-state index in [1.807, 2.05) is 0 Å². The number of rotatable bonds is 8. The fourth-order valence-corrected chi connectivity index (χ4v) is 3.55. The van der Waals surface area contributed by atoms with Gasteiger partial charge in [-0.1, -0.05) is 0 Å². The van der Waals surface area contributed by atoms with Crippen LogP contribution in [0.3, 0.4) is 0 Å². The first-order valence-electron chi connectivity index (χ1n) is 9.37. The second kappa shape index (κ2) is 7.94. The maximum absolute atomic E-state index is 13.8. The van der Waals surface area contributed by atoms with Crippen LogP contribution in [0.1, 0.15) is 31.2 Å². The van der Waals surface area contributed by atoms with Crippen molar-refractivity contribution in [1.82, 2.24) is 10.2 Å². The summed E-state index contributed by atoms with van der Waals surface area (Å²) in [5.74, 6) is -4.78. The number of nitrogens with zero attached hydrogens (tertiary/aromatic N) is 1. The molecule has 1 aromatic rings. The maximum atomic E-state index is 13.8. The molecular weight excluding hydrogens is 381 g/mol. The fourth-order valence-electron chi connectivity index (χ4n) is 3.55. The Morgan fingerprint density at radius 3 is 2.68 bits per heavy atom. The van der Waals surface area contributed by atoms with Gasteiger partial charge in [0, 0.05) is 31.6 Å². The van der Waals surface area contributed by atoms with Crippen molar-refractivity contribution in [1.29, 1.82) is 0 Å². The van der Waals surface area contributed by atoms with Gasteiger partial charge < -0.3 is 11.1 Å². The third kappa shape index (κ3) is 5.20. The number of hydrogen-bond acceptors (Lipinski definition) is 3. The van der Waals surface area contributed by atoms with E-state index in [1.165, 1.54) is 4.90 Å². The lowest BCUT2D eigenvalue weighted by molar-refractivity contribution is -0.127. The molecule has 1 aromatic carbocycles. The van der Waals surface area contributed by atoms with Crippen LogP contribution in [-0.4, -0.2) is 54.1 Å². The molecule has 2 fully saturated rings. The summed E-state index contributed by atoms with van der Waals surface area (Å²) in [4.78, 5) is 13.2. The average molecular weight is 405 g/mol. The molecule has 1 amide bonds. The summed E-state index contributed by atoms with van der Waals surface area (Å²) in [6, 6.07) is 1.94. The highest BCUT2D eigenvalue weighted by Gasteiger charge is 2.51. The lowest BCUT2D eigenvalue weighted by Gasteiger charge is -2.25. The standard InChI is InChI=1S/C19H24F5N3O/c20-13-1-2-16(21)12(7-13)8-14(25)3-6-27-11-19(23,24)9-15(27)10-26-17(28)18(22)4-5-18/h1-2,7,14-15H,3-6,8-11,25H2,(H,26,28). The summed E-state index contributed by atoms with van der Waals surface area (Å²) < 4.78 is 68.3. The maximum Gasteiger partial charge on any atom is 0.262 e. The summed E-state index contributed by atoms with van der Waals surface area (Å²) in [6.07, 6.45) is 0.271. The first-order valence-corrected chi connectivity index (χ1v) is 9.37. The first-order chi connectivity index (χ1) is 13.1. The van der Waals surface area contributed by atoms with Gasteiger partial charge in [-0.05, 0) is 49.4 Å². The van der Waals surface area contributed by atoms with Crippen LogP contribution in [0, 0.1) is 11.6 Å². The molecule has 0 aromatic heterocycles. The number of likely N-dealkylation sites (tertiary alicyclic amines) is 1. The molecule has 2 atom stereocenters. The van der Waals surface area contributed by atoms with Gasteiger partial charge in [-0.2, -0.15) is 0 Å². The highest BCUT2D eigenvalue weighted by molar-refractivity contribution is 5.87. The quantitative estimate of drug-likeness (QED) is 0.654. The van der Waals surface area contributed by atoms with E-state index < -0.39 is 54.2 Å². The van der Waals surface area contributed by atoms with E-state index >= 15 is 0 Å². The van der Waals surface area contributed by atoms with Crippen LogP contribution in [-0.2, 0) is 11.2 Å². The van der Waals surface area contributed by atoms with Crippen molar-refractivity contribution in [2.45, 2.75) is 55.8 Å². The van der Waals surface area contributed by atoms with Crippen LogP contribution in [0.2, 0.25) is 0 Å². The molecule has 2 aliphatic rings. The van der Waals surface area contributed by atoms with E-state index in [0.29, 0.717) is 6.42 Å². The number of nitrogens with two attached hydrogens (primary N) is 1. The molecular formula is C19H24F5N3O. The molecule has 0 bridgehead atoms. The van der Waals surface area contributed by atoms with Gasteiger partial charge in [0.2, 0.25) is 0 Å². The van der Waals surface area contributed by atoms with Crippen LogP contribution in [0.15, 0.2) is 18.2 Å². The zero-order valence-electron chi connectivity index (χ0n) is 15.4. The summed E-state index contributed by atoms with van der Waals surface area (Å²) in [6.45, 7) is -0.321. The van der Waals surface area contributed by atoms with Crippen LogP contribution >= 0.6 is 0 Å². The molecule has 4 nitrogen and oxygen atoms in total. The van der Waals surface area contributed by atoms with E-state index in [2.05, 4.69) is 5.32 Å². The lowest BCUT2D eigenvalue weighted by Crippen LogP contribution is -2.44. The highest BCUT2D eigenvalue weighted by atomic mass is 19.3. The SMILES string of the molecule is NC(CCN1CC(F)(F)CC1CNC(=O)C1(F)CC1)Cc1cc(F)ccc1F. The van der Waals surface area contributed by atoms with E-state index in [4.69, 9.17) is 5.73 Å². The van der Waals surface area contributed by atoms with Crippen LogP contribution in [0.25, 0.3) is 0 Å². The molecule has 1 heterocycles. The fraction of sp³-hybridized carbons (Fsp3) is 0.632. The predicted molar refractivity (Wildman–Crippen MR) is 93.7 cm³/mol. The number of carbonyl (C=O) groups excluding carboxylic acids is 1. The number of hydrogen-bond donors (Lipinski definition) is 2. The van der Waals surface area contributed by atoms with E-state index in [-0.39, 0.29) is 37.9 Å². The van der Waals surface area contributed by atoms with E-state index in [1.54, 1.807) is 0 Å². The number of halogens is 5. The zero-order chi connectivity index (χ0) is 20.5. The number of nitrogens with one attached hydrogen (secondary N) is 1. The summed E-state index contributed by atoms with van der Waals surface area (Å²) >= 11 is 0. The molecule has 3 rings (SSSR count). The van der Waals surface area contributed by atoms with Gasteiger partial charge in [0.25, 0.3) is 11.8 Å². The molecule has 2 unspecified atom stereocenters. The largest absolute Gasteiger partial charge is 0.352 e. The topological polar surface area (TPSA) is 58.4 Å². The second-order valence-electron chi connectivity index (χ2n) is 7.85. The highest BCUT2D eigenvalue weighted by Crippen LogP contribution is 2.40. The Hall–Kier alpha value is -1.74. The van der Waals surface area contributed by atoms with Gasteiger partial charge >= 0.3 is 0 Å². The van der Waals surface area contributed by atoms with Crippen molar-refractivity contribution in [3.63, 3.8) is 0 Å². The Kier molecular flexibility index (Phi) is 5.95. The molecule has 1 saturated carbocycles. The van der Waals surface area contributed by atoms with Crippen molar-refractivity contribution in [3.05, 3.63) is 35.4 Å². The lowest BCUT2D eigenvalue weighted by atomic mass is 10.0. The normalized spacial score (nSPS) is 24.1. The molecule has 9 heteroatoms. The monoisotopic (exact) mass is 405 g/mol. The van der Waals surface area contributed by atoms with Crippen LogP contribution in [0.4, 0.5) is 22.0 Å². The van der Waals surface area contributed by atoms with E-state index in [9.17, 15) is 26.7 Å². The van der Waals surface area contributed by atoms with Crippen molar-refractivity contribution in [3.8, 4) is 0 Å². The number of amides is 1. The van der Waals surface area contributed by atoms with E-state index in [0.717, 1.165) is 18.2 Å². The third-order valence-electron chi connectivity index (χ3n) is 5.36. The van der Waals surface area contributed by atoms with Crippen molar-refractivity contribution >= 4 is 5.91 Å². The Bertz CT molecular complexity index is 726. The molecule has 0 spiro atoms. The van der Waals surface area contributed by atoms with Gasteiger partial charge in [0.1, 0.15) is 11.6 Å². The first kappa shape index (κ1) is 21.0. The van der Waals surface area contributed by atoms with Gasteiger partial charge in [-0.25, -0.2) is 22.0 Å². The Balaban J connectivity index is 1.51. The predicted octanol–water partition coefficient (Wildman–Crippen LogP) is 2.55. The van der Waals surface area contributed by atoms with Gasteiger partial charge in [0.15, 0.2) is 5.67 Å². The van der Waals surface area contributed by atoms with Gasteiger partial charge in [-0.15, -0.1) is 0 Å². The average Bonchev–Trinajstić information content (AvgIpc) is 3.29.